The average molecular weight is 218 g/mol. The van der Waals surface area contributed by atoms with Gasteiger partial charge in [0.15, 0.2) is 6.29 Å². The van der Waals surface area contributed by atoms with Gasteiger partial charge in [-0.3, -0.25) is 9.78 Å². The molecule has 2 saturated heterocycles. The number of piperidine rings is 1. The minimum absolute atomic E-state index is 0.479. The molecule has 0 N–H and O–H groups in total. The van der Waals surface area contributed by atoms with Crippen molar-refractivity contribution in [1.82, 2.24) is 9.88 Å². The summed E-state index contributed by atoms with van der Waals surface area (Å²) in [6.07, 6.45) is 8.22. The molecule has 1 saturated carbocycles. The van der Waals surface area contributed by atoms with Gasteiger partial charge in [0.25, 0.3) is 0 Å². The maximum absolute atomic E-state index is 9.94. The lowest BCUT2D eigenvalue weighted by Gasteiger charge is -2.50. The fourth-order valence-electron chi connectivity index (χ4n) is 2.48. The molecule has 0 unspecified atom stereocenters. The molecule has 3 heteroatoms. The van der Waals surface area contributed by atoms with Crippen LogP contribution in [0.4, 0.5) is 0 Å². The van der Waals surface area contributed by atoms with Gasteiger partial charge in [0.2, 0.25) is 0 Å². The van der Waals surface area contributed by atoms with Crippen molar-refractivity contribution >= 4 is 6.29 Å². The zero-order valence-corrected chi connectivity index (χ0v) is 9.67. The summed E-state index contributed by atoms with van der Waals surface area (Å²) in [7, 11) is 2.26. The SMILES string of the molecule is CN1[C@@H]2CCC[C@H]1C2.O=Cc1ccccn1. The van der Waals surface area contributed by atoms with Gasteiger partial charge in [-0.05, 0) is 38.4 Å². The first kappa shape index (κ1) is 11.3. The minimum Gasteiger partial charge on any atom is -0.300 e. The van der Waals surface area contributed by atoms with E-state index in [-0.39, 0.29) is 0 Å². The van der Waals surface area contributed by atoms with E-state index < -0.39 is 0 Å². The van der Waals surface area contributed by atoms with Crippen LogP contribution in [0.2, 0.25) is 0 Å². The molecule has 0 radical (unpaired) electrons. The van der Waals surface area contributed by atoms with E-state index in [1.54, 1.807) is 24.4 Å². The van der Waals surface area contributed by atoms with Gasteiger partial charge in [0.05, 0.1) is 0 Å². The van der Waals surface area contributed by atoms with Crippen molar-refractivity contribution in [3.8, 4) is 0 Å². The van der Waals surface area contributed by atoms with Gasteiger partial charge in [0.1, 0.15) is 5.69 Å². The van der Waals surface area contributed by atoms with Gasteiger partial charge in [-0.2, -0.15) is 0 Å². The normalized spacial score (nSPS) is 27.3. The summed E-state index contributed by atoms with van der Waals surface area (Å²) in [6, 6.07) is 7.17. The topological polar surface area (TPSA) is 33.2 Å². The summed E-state index contributed by atoms with van der Waals surface area (Å²) in [6.45, 7) is 0. The Labute approximate surface area is 96.5 Å². The number of rotatable bonds is 1. The Hall–Kier alpha value is -1.22. The number of pyridine rings is 1. The lowest BCUT2D eigenvalue weighted by Crippen LogP contribution is -2.56. The van der Waals surface area contributed by atoms with Crippen molar-refractivity contribution in [2.24, 2.45) is 0 Å². The molecule has 1 aromatic rings. The van der Waals surface area contributed by atoms with Crippen LogP contribution in [0, 0.1) is 0 Å². The highest BCUT2D eigenvalue weighted by Gasteiger charge is 2.37. The van der Waals surface area contributed by atoms with Crippen LogP contribution in [0.1, 0.15) is 36.2 Å². The third-order valence-electron chi connectivity index (χ3n) is 3.58. The lowest BCUT2D eigenvalue weighted by molar-refractivity contribution is -0.00221. The number of carbonyl (C=O) groups is 1. The van der Waals surface area contributed by atoms with Gasteiger partial charge in [-0.25, -0.2) is 0 Å². The second-order valence-corrected chi connectivity index (χ2v) is 4.51. The average Bonchev–Trinajstić information content (AvgIpc) is 2.40. The quantitative estimate of drug-likeness (QED) is 0.677. The predicted octanol–water partition coefficient (Wildman–Crippen LogP) is 2.14. The van der Waals surface area contributed by atoms with Crippen LogP contribution in [0.25, 0.3) is 0 Å². The van der Waals surface area contributed by atoms with Crippen molar-refractivity contribution in [1.29, 1.82) is 0 Å². The second kappa shape index (κ2) is 5.21. The zero-order valence-electron chi connectivity index (χ0n) is 9.67. The van der Waals surface area contributed by atoms with Crippen LogP contribution in [-0.4, -0.2) is 35.3 Å². The zero-order chi connectivity index (χ0) is 11.4. The maximum Gasteiger partial charge on any atom is 0.168 e. The highest BCUT2D eigenvalue weighted by Crippen LogP contribution is 2.35. The number of carbonyl (C=O) groups excluding carboxylic acids is 1. The van der Waals surface area contributed by atoms with E-state index in [1.165, 1.54) is 25.7 Å². The van der Waals surface area contributed by atoms with Crippen molar-refractivity contribution < 1.29 is 4.79 Å². The van der Waals surface area contributed by atoms with Gasteiger partial charge in [-0.1, -0.05) is 12.5 Å². The number of hydrogen-bond donors (Lipinski definition) is 0. The first-order valence-corrected chi connectivity index (χ1v) is 5.89. The van der Waals surface area contributed by atoms with Crippen molar-refractivity contribution in [3.63, 3.8) is 0 Å². The summed E-state index contributed by atoms with van der Waals surface area (Å²) >= 11 is 0. The van der Waals surface area contributed by atoms with Crippen molar-refractivity contribution in [2.45, 2.75) is 37.8 Å². The Morgan fingerprint density at radius 1 is 1.38 bits per heavy atom. The minimum atomic E-state index is 0.479. The molecule has 86 valence electrons. The van der Waals surface area contributed by atoms with Crippen LogP contribution in [-0.2, 0) is 0 Å². The molecule has 16 heavy (non-hydrogen) atoms. The summed E-state index contributed by atoms with van der Waals surface area (Å²) in [5.41, 5.74) is 0.479. The molecular formula is C13H18N2O. The smallest absolute Gasteiger partial charge is 0.168 e. The number of hydrogen-bond acceptors (Lipinski definition) is 3. The molecule has 2 bridgehead atoms. The summed E-state index contributed by atoms with van der Waals surface area (Å²) in [4.78, 5) is 16.2. The summed E-state index contributed by atoms with van der Waals surface area (Å²) in [5.74, 6) is 0. The largest absolute Gasteiger partial charge is 0.300 e. The molecule has 1 aromatic heterocycles. The molecule has 3 aliphatic rings. The van der Waals surface area contributed by atoms with Crippen LogP contribution in [0.5, 0.6) is 0 Å². The Morgan fingerprint density at radius 3 is 2.44 bits per heavy atom. The highest BCUT2D eigenvalue weighted by molar-refractivity contribution is 5.71. The van der Waals surface area contributed by atoms with Crippen LogP contribution < -0.4 is 0 Å². The second-order valence-electron chi connectivity index (χ2n) is 4.51. The molecule has 3 fully saturated rings. The molecular weight excluding hydrogens is 200 g/mol. The molecule has 0 amide bonds. The third kappa shape index (κ3) is 2.47. The van der Waals surface area contributed by atoms with Gasteiger partial charge in [0, 0.05) is 18.3 Å². The number of aromatic nitrogens is 1. The first-order valence-electron chi connectivity index (χ1n) is 5.89. The van der Waals surface area contributed by atoms with E-state index in [9.17, 15) is 4.79 Å². The van der Waals surface area contributed by atoms with E-state index in [0.717, 1.165) is 18.4 Å². The molecule has 3 nitrogen and oxygen atoms in total. The van der Waals surface area contributed by atoms with E-state index >= 15 is 0 Å². The van der Waals surface area contributed by atoms with E-state index in [4.69, 9.17) is 0 Å². The molecule has 0 spiro atoms. The fourth-order valence-corrected chi connectivity index (χ4v) is 2.48. The third-order valence-corrected chi connectivity index (χ3v) is 3.58. The van der Waals surface area contributed by atoms with E-state index in [0.29, 0.717) is 5.69 Å². The standard InChI is InChI=1S/C7H13N.C6H5NO/c1-8-6-3-2-4-7(8)5-6;8-5-6-3-1-2-4-7-6/h6-7H,2-5H2,1H3;1-5H/t6-,7+;. The lowest BCUT2D eigenvalue weighted by atomic mass is 9.80. The molecule has 0 aromatic carbocycles. The number of fused-ring (bicyclic) bond motifs is 2. The van der Waals surface area contributed by atoms with Crippen LogP contribution >= 0.6 is 0 Å². The molecule has 2 aliphatic heterocycles. The van der Waals surface area contributed by atoms with E-state index in [1.807, 2.05) is 0 Å². The summed E-state index contributed by atoms with van der Waals surface area (Å²) < 4.78 is 0. The maximum atomic E-state index is 9.94. The Kier molecular flexibility index (Phi) is 3.67. The monoisotopic (exact) mass is 218 g/mol. The molecule has 4 rings (SSSR count). The van der Waals surface area contributed by atoms with Crippen LogP contribution in [0.3, 0.4) is 0 Å². The van der Waals surface area contributed by atoms with Gasteiger partial charge in [-0.15, -0.1) is 0 Å². The Morgan fingerprint density at radius 2 is 2.12 bits per heavy atom. The van der Waals surface area contributed by atoms with Crippen molar-refractivity contribution in [2.75, 3.05) is 7.05 Å². The summed E-state index contributed by atoms with van der Waals surface area (Å²) in [5, 5.41) is 0. The van der Waals surface area contributed by atoms with E-state index in [2.05, 4.69) is 16.9 Å². The first-order chi connectivity index (χ1) is 7.81. The molecule has 3 heterocycles. The van der Waals surface area contributed by atoms with Gasteiger partial charge >= 0.3 is 0 Å². The Balaban J connectivity index is 0.000000120. The fraction of sp³-hybridized carbons (Fsp3) is 0.538. The Bertz CT molecular complexity index is 325. The number of nitrogens with zero attached hydrogens (tertiary/aromatic N) is 2. The molecule has 1 aliphatic carbocycles. The van der Waals surface area contributed by atoms with Gasteiger partial charge < -0.3 is 4.90 Å². The molecule has 2 atom stereocenters. The highest BCUT2D eigenvalue weighted by atomic mass is 16.1. The predicted molar refractivity (Wildman–Crippen MR) is 63.4 cm³/mol. The van der Waals surface area contributed by atoms with Crippen LogP contribution in [0.15, 0.2) is 24.4 Å². The van der Waals surface area contributed by atoms with Crippen molar-refractivity contribution in [3.05, 3.63) is 30.1 Å². The number of aldehydes is 1.